The van der Waals surface area contributed by atoms with Gasteiger partial charge >= 0.3 is 0 Å². The van der Waals surface area contributed by atoms with Gasteiger partial charge in [-0.1, -0.05) is 40.7 Å². The Kier molecular flexibility index (Phi) is 6.25. The number of benzene rings is 1. The predicted molar refractivity (Wildman–Crippen MR) is 103 cm³/mol. The summed E-state index contributed by atoms with van der Waals surface area (Å²) in [6.45, 7) is 4.94. The number of aromatic nitrogens is 4. The van der Waals surface area contributed by atoms with E-state index in [9.17, 15) is 4.79 Å². The van der Waals surface area contributed by atoms with Crippen LogP contribution in [0.15, 0.2) is 40.0 Å². The van der Waals surface area contributed by atoms with Gasteiger partial charge in [0.05, 0.1) is 24.6 Å². The van der Waals surface area contributed by atoms with Gasteiger partial charge in [0.2, 0.25) is 11.8 Å². The molecule has 9 heteroatoms. The zero-order valence-corrected chi connectivity index (χ0v) is 16.2. The van der Waals surface area contributed by atoms with Gasteiger partial charge in [-0.2, -0.15) is 0 Å². The van der Waals surface area contributed by atoms with Crippen LogP contribution in [0.4, 0.5) is 5.88 Å². The average molecular weight is 387 g/mol. The fourth-order valence-electron chi connectivity index (χ4n) is 2.50. The number of rotatable bonds is 8. The zero-order chi connectivity index (χ0) is 19.2. The first-order chi connectivity index (χ1) is 13.1. The lowest BCUT2D eigenvalue weighted by Gasteiger charge is -2.10. The lowest BCUT2D eigenvalue weighted by Crippen LogP contribution is -2.14. The van der Waals surface area contributed by atoms with Crippen LogP contribution in [-0.2, 0) is 16.1 Å². The standard InChI is InChI=1S/C18H21N5O3S/c1-12-5-4-6-14(9-12)17-20-21-18(23(17)7-8-25-3)27-11-15(24)19-16-10-13(2)22-26-16/h4-6,9-10H,7-8,11H2,1-3H3,(H,19,24). The molecule has 3 rings (SSSR count). The van der Waals surface area contributed by atoms with E-state index in [1.54, 1.807) is 20.1 Å². The topological polar surface area (TPSA) is 95.1 Å². The number of anilines is 1. The highest BCUT2D eigenvalue weighted by Gasteiger charge is 2.16. The fraction of sp³-hybridized carbons (Fsp3) is 0.333. The van der Waals surface area contributed by atoms with Crippen LogP contribution < -0.4 is 5.32 Å². The van der Waals surface area contributed by atoms with Crippen LogP contribution in [0.25, 0.3) is 11.4 Å². The highest BCUT2D eigenvalue weighted by Crippen LogP contribution is 2.25. The van der Waals surface area contributed by atoms with Crippen molar-refractivity contribution in [1.82, 2.24) is 19.9 Å². The summed E-state index contributed by atoms with van der Waals surface area (Å²) in [4.78, 5) is 12.1. The Balaban J connectivity index is 1.73. The fourth-order valence-corrected chi connectivity index (χ4v) is 3.27. The van der Waals surface area contributed by atoms with Crippen LogP contribution in [0, 0.1) is 13.8 Å². The van der Waals surface area contributed by atoms with Gasteiger partial charge in [-0.25, -0.2) is 0 Å². The van der Waals surface area contributed by atoms with Crippen LogP contribution in [0.3, 0.4) is 0 Å². The molecule has 2 aromatic heterocycles. The molecule has 0 saturated carbocycles. The third-order valence-corrected chi connectivity index (χ3v) is 4.70. The van der Waals surface area contributed by atoms with Crippen molar-refractivity contribution in [2.45, 2.75) is 25.5 Å². The van der Waals surface area contributed by atoms with Crippen molar-refractivity contribution in [2.75, 3.05) is 24.8 Å². The molecule has 1 aromatic carbocycles. The largest absolute Gasteiger partial charge is 0.383 e. The Bertz CT molecular complexity index is 921. The summed E-state index contributed by atoms with van der Waals surface area (Å²) < 4.78 is 12.2. The van der Waals surface area contributed by atoms with Crippen LogP contribution in [0.2, 0.25) is 0 Å². The third kappa shape index (κ3) is 4.95. The number of hydrogen-bond donors (Lipinski definition) is 1. The van der Waals surface area contributed by atoms with E-state index in [1.807, 2.05) is 29.7 Å². The van der Waals surface area contributed by atoms with Crippen molar-refractivity contribution in [2.24, 2.45) is 0 Å². The van der Waals surface area contributed by atoms with Crippen molar-refractivity contribution < 1.29 is 14.1 Å². The molecule has 1 amide bonds. The Morgan fingerprint density at radius 2 is 2.15 bits per heavy atom. The quantitative estimate of drug-likeness (QED) is 0.594. The summed E-state index contributed by atoms with van der Waals surface area (Å²) >= 11 is 1.31. The van der Waals surface area contributed by atoms with Crippen LogP contribution in [0.1, 0.15) is 11.3 Å². The molecular weight excluding hydrogens is 366 g/mol. The molecule has 2 heterocycles. The third-order valence-electron chi connectivity index (χ3n) is 3.74. The smallest absolute Gasteiger partial charge is 0.237 e. The minimum atomic E-state index is -0.199. The molecule has 0 aliphatic heterocycles. The van der Waals surface area contributed by atoms with E-state index in [1.165, 1.54) is 11.8 Å². The average Bonchev–Trinajstić information content (AvgIpc) is 3.24. The van der Waals surface area contributed by atoms with Crippen molar-refractivity contribution in [3.8, 4) is 11.4 Å². The summed E-state index contributed by atoms with van der Waals surface area (Å²) in [6, 6.07) is 9.73. The number of amides is 1. The summed E-state index contributed by atoms with van der Waals surface area (Å²) in [5.74, 6) is 1.07. The van der Waals surface area contributed by atoms with Gasteiger partial charge in [0.15, 0.2) is 11.0 Å². The van der Waals surface area contributed by atoms with Crippen LogP contribution >= 0.6 is 11.8 Å². The molecule has 0 aliphatic rings. The van der Waals surface area contributed by atoms with Gasteiger partial charge in [-0.3, -0.25) is 14.7 Å². The maximum Gasteiger partial charge on any atom is 0.237 e. The van der Waals surface area contributed by atoms with Crippen LogP contribution in [0.5, 0.6) is 0 Å². The molecule has 0 aliphatic carbocycles. The monoisotopic (exact) mass is 387 g/mol. The highest BCUT2D eigenvalue weighted by atomic mass is 32.2. The Morgan fingerprint density at radius 1 is 1.30 bits per heavy atom. The minimum Gasteiger partial charge on any atom is -0.383 e. The number of nitrogens with zero attached hydrogens (tertiary/aromatic N) is 4. The van der Waals surface area contributed by atoms with E-state index < -0.39 is 0 Å². The molecule has 142 valence electrons. The lowest BCUT2D eigenvalue weighted by atomic mass is 10.1. The molecule has 0 saturated heterocycles. The number of carbonyl (C=O) groups is 1. The second-order valence-electron chi connectivity index (χ2n) is 5.99. The molecule has 8 nitrogen and oxygen atoms in total. The van der Waals surface area contributed by atoms with Gasteiger partial charge in [-0.15, -0.1) is 10.2 Å². The molecule has 0 unspecified atom stereocenters. The summed E-state index contributed by atoms with van der Waals surface area (Å²) in [6.07, 6.45) is 0. The normalized spacial score (nSPS) is 10.9. The van der Waals surface area contributed by atoms with E-state index in [-0.39, 0.29) is 11.7 Å². The van der Waals surface area contributed by atoms with E-state index >= 15 is 0 Å². The van der Waals surface area contributed by atoms with Gasteiger partial charge < -0.3 is 9.26 Å². The number of ether oxygens (including phenoxy) is 1. The molecular formula is C18H21N5O3S. The van der Waals surface area contributed by atoms with Crippen molar-refractivity contribution >= 4 is 23.6 Å². The minimum absolute atomic E-state index is 0.179. The second kappa shape index (κ2) is 8.83. The van der Waals surface area contributed by atoms with Gasteiger partial charge in [0, 0.05) is 18.7 Å². The van der Waals surface area contributed by atoms with Crippen molar-refractivity contribution in [1.29, 1.82) is 0 Å². The number of nitrogens with one attached hydrogen (secondary N) is 1. The van der Waals surface area contributed by atoms with E-state index in [2.05, 4.69) is 26.7 Å². The predicted octanol–water partition coefficient (Wildman–Crippen LogP) is 2.93. The first-order valence-electron chi connectivity index (χ1n) is 8.42. The second-order valence-corrected chi connectivity index (χ2v) is 6.93. The zero-order valence-electron chi connectivity index (χ0n) is 15.4. The first kappa shape index (κ1) is 19.1. The number of hydrogen-bond acceptors (Lipinski definition) is 7. The summed E-state index contributed by atoms with van der Waals surface area (Å²) in [7, 11) is 1.65. The number of carbonyl (C=O) groups excluding carboxylic acids is 1. The van der Waals surface area contributed by atoms with E-state index in [4.69, 9.17) is 9.26 Å². The number of methoxy groups -OCH3 is 1. The van der Waals surface area contributed by atoms with Gasteiger partial charge in [0.1, 0.15) is 0 Å². The Labute approximate surface area is 161 Å². The molecule has 0 radical (unpaired) electrons. The van der Waals surface area contributed by atoms with E-state index in [0.717, 1.165) is 17.0 Å². The van der Waals surface area contributed by atoms with E-state index in [0.29, 0.717) is 29.9 Å². The van der Waals surface area contributed by atoms with Gasteiger partial charge in [-0.05, 0) is 19.9 Å². The Hall–Kier alpha value is -2.65. The number of thioether (sulfide) groups is 1. The molecule has 1 N–H and O–H groups in total. The molecule has 0 atom stereocenters. The maximum absolute atomic E-state index is 12.1. The molecule has 0 spiro atoms. The van der Waals surface area contributed by atoms with Crippen LogP contribution in [-0.4, -0.2) is 45.3 Å². The van der Waals surface area contributed by atoms with Gasteiger partial charge in [0.25, 0.3) is 0 Å². The summed E-state index contributed by atoms with van der Waals surface area (Å²) in [5.41, 5.74) is 2.83. The van der Waals surface area contributed by atoms with Crippen molar-refractivity contribution in [3.05, 3.63) is 41.6 Å². The Morgan fingerprint density at radius 3 is 2.85 bits per heavy atom. The molecule has 0 fully saturated rings. The maximum atomic E-state index is 12.1. The first-order valence-corrected chi connectivity index (χ1v) is 9.40. The summed E-state index contributed by atoms with van der Waals surface area (Å²) in [5, 5.41) is 15.7. The highest BCUT2D eigenvalue weighted by molar-refractivity contribution is 7.99. The lowest BCUT2D eigenvalue weighted by molar-refractivity contribution is -0.113. The molecule has 0 bridgehead atoms. The molecule has 3 aromatic rings. The number of aryl methyl sites for hydroxylation is 2. The SMILES string of the molecule is COCCn1c(SCC(=O)Nc2cc(C)no2)nnc1-c1cccc(C)c1. The van der Waals surface area contributed by atoms with Crippen molar-refractivity contribution in [3.63, 3.8) is 0 Å². The molecule has 27 heavy (non-hydrogen) atoms.